The maximum absolute atomic E-state index is 11.7. The fraction of sp³-hybridized carbons (Fsp3) is 0.250. The summed E-state index contributed by atoms with van der Waals surface area (Å²) >= 11 is 0. The highest BCUT2D eigenvalue weighted by Crippen LogP contribution is 2.37. The van der Waals surface area contributed by atoms with Crippen LogP contribution in [0.2, 0.25) is 0 Å². The second kappa shape index (κ2) is 7.11. The van der Waals surface area contributed by atoms with Crippen LogP contribution in [0.25, 0.3) is 0 Å². The smallest absolute Gasteiger partial charge is 0.337 e. The molecule has 2 atom stereocenters. The topological polar surface area (TPSA) is 78.3 Å². The number of benzene rings is 2. The average molecular weight is 364 g/mol. The van der Waals surface area contributed by atoms with Crippen molar-refractivity contribution in [3.63, 3.8) is 0 Å². The summed E-state index contributed by atoms with van der Waals surface area (Å²) in [5, 5.41) is 7.82. The summed E-state index contributed by atoms with van der Waals surface area (Å²) in [5.41, 5.74) is 2.75. The Morgan fingerprint density at radius 3 is 2.44 bits per heavy atom. The molecule has 2 heterocycles. The number of rotatable bonds is 4. The van der Waals surface area contributed by atoms with Crippen LogP contribution >= 0.6 is 0 Å². The van der Waals surface area contributed by atoms with Gasteiger partial charge in [-0.2, -0.15) is 10.1 Å². The van der Waals surface area contributed by atoms with Crippen molar-refractivity contribution in [2.75, 3.05) is 19.5 Å². The van der Waals surface area contributed by atoms with Crippen LogP contribution in [0.4, 0.5) is 5.95 Å². The van der Waals surface area contributed by atoms with E-state index in [-0.39, 0.29) is 18.1 Å². The van der Waals surface area contributed by atoms with Crippen molar-refractivity contribution in [2.24, 2.45) is 0 Å². The normalized spacial score (nSPS) is 18.3. The molecule has 138 valence electrons. The third-order valence-corrected chi connectivity index (χ3v) is 4.87. The van der Waals surface area contributed by atoms with Crippen LogP contribution in [0, 0.1) is 0 Å². The Bertz CT molecular complexity index is 935. The minimum absolute atomic E-state index is 0.0162. The van der Waals surface area contributed by atoms with Gasteiger partial charge in [-0.3, -0.25) is 0 Å². The summed E-state index contributed by atoms with van der Waals surface area (Å²) < 4.78 is 11.9. The molecule has 0 fully saturated rings. The molecule has 0 saturated carbocycles. The van der Waals surface area contributed by atoms with Crippen molar-refractivity contribution in [1.82, 2.24) is 14.8 Å². The molecule has 3 aromatic rings. The van der Waals surface area contributed by atoms with Crippen LogP contribution in [-0.4, -0.2) is 35.0 Å². The van der Waals surface area contributed by atoms with Crippen molar-refractivity contribution >= 4 is 11.9 Å². The largest absolute Gasteiger partial charge is 0.497 e. The second-order valence-electron chi connectivity index (χ2n) is 6.36. The number of carbonyl (C=O) groups is 1. The molecular formula is C20H20N4O3. The van der Waals surface area contributed by atoms with E-state index in [0.717, 1.165) is 29.2 Å². The maximum Gasteiger partial charge on any atom is 0.337 e. The Balaban J connectivity index is 1.64. The van der Waals surface area contributed by atoms with E-state index in [0.29, 0.717) is 5.56 Å². The fourth-order valence-corrected chi connectivity index (χ4v) is 3.41. The second-order valence-corrected chi connectivity index (χ2v) is 6.36. The first-order valence-electron chi connectivity index (χ1n) is 8.68. The van der Waals surface area contributed by atoms with Gasteiger partial charge in [-0.05, 0) is 41.8 Å². The van der Waals surface area contributed by atoms with Crippen molar-refractivity contribution in [3.05, 3.63) is 71.5 Å². The quantitative estimate of drug-likeness (QED) is 0.716. The number of nitrogens with zero attached hydrogens (tertiary/aromatic N) is 3. The first-order valence-corrected chi connectivity index (χ1v) is 8.68. The summed E-state index contributed by atoms with van der Waals surface area (Å²) in [5.74, 6) is 1.21. The van der Waals surface area contributed by atoms with Gasteiger partial charge in [-0.25, -0.2) is 9.48 Å². The minimum atomic E-state index is -0.343. The summed E-state index contributed by atoms with van der Waals surface area (Å²) in [7, 11) is 3.04. The van der Waals surface area contributed by atoms with Gasteiger partial charge in [0.25, 0.3) is 0 Å². The highest BCUT2D eigenvalue weighted by molar-refractivity contribution is 5.89. The van der Waals surface area contributed by atoms with E-state index in [1.807, 2.05) is 28.9 Å². The number of anilines is 1. The number of ether oxygens (including phenoxy) is 2. The van der Waals surface area contributed by atoms with Gasteiger partial charge in [0.1, 0.15) is 12.1 Å². The molecule has 27 heavy (non-hydrogen) atoms. The molecule has 0 saturated heterocycles. The highest BCUT2D eigenvalue weighted by Gasteiger charge is 2.30. The zero-order chi connectivity index (χ0) is 18.8. The molecule has 2 aromatic carbocycles. The lowest BCUT2D eigenvalue weighted by molar-refractivity contribution is 0.0600. The van der Waals surface area contributed by atoms with E-state index >= 15 is 0 Å². The predicted molar refractivity (Wildman–Crippen MR) is 99.9 cm³/mol. The fourth-order valence-electron chi connectivity index (χ4n) is 3.41. The van der Waals surface area contributed by atoms with Crippen LogP contribution in [0.1, 0.15) is 40.0 Å². The molecule has 7 heteroatoms. The zero-order valence-corrected chi connectivity index (χ0v) is 15.1. The van der Waals surface area contributed by atoms with Crippen LogP contribution in [0.3, 0.4) is 0 Å². The first kappa shape index (κ1) is 17.1. The molecule has 7 nitrogen and oxygen atoms in total. The number of aromatic nitrogens is 3. The lowest BCUT2D eigenvalue weighted by Gasteiger charge is -2.32. The Kier molecular flexibility index (Phi) is 4.50. The van der Waals surface area contributed by atoms with Gasteiger partial charge < -0.3 is 14.8 Å². The van der Waals surface area contributed by atoms with E-state index in [4.69, 9.17) is 9.47 Å². The molecule has 0 spiro atoms. The number of hydrogen-bond acceptors (Lipinski definition) is 6. The number of esters is 1. The molecule has 0 aliphatic carbocycles. The molecule has 4 rings (SSSR count). The van der Waals surface area contributed by atoms with E-state index in [1.165, 1.54) is 7.11 Å². The third-order valence-electron chi connectivity index (χ3n) is 4.87. The van der Waals surface area contributed by atoms with Gasteiger partial charge in [0.15, 0.2) is 0 Å². The first-order chi connectivity index (χ1) is 13.2. The Morgan fingerprint density at radius 2 is 1.78 bits per heavy atom. The van der Waals surface area contributed by atoms with Gasteiger partial charge in [0.2, 0.25) is 5.95 Å². The Morgan fingerprint density at radius 1 is 1.07 bits per heavy atom. The van der Waals surface area contributed by atoms with Crippen LogP contribution in [0.5, 0.6) is 5.75 Å². The molecule has 1 N–H and O–H groups in total. The number of carbonyl (C=O) groups excluding carboxylic acids is 1. The lowest BCUT2D eigenvalue weighted by atomic mass is 9.93. The number of fused-ring (bicyclic) bond motifs is 1. The summed E-state index contributed by atoms with van der Waals surface area (Å²) in [4.78, 5) is 16.0. The highest BCUT2D eigenvalue weighted by atomic mass is 16.5. The molecule has 1 aromatic heterocycles. The van der Waals surface area contributed by atoms with Gasteiger partial charge in [-0.15, -0.1) is 0 Å². The van der Waals surface area contributed by atoms with E-state index in [2.05, 4.69) is 27.5 Å². The Hall–Kier alpha value is -3.35. The van der Waals surface area contributed by atoms with Crippen molar-refractivity contribution in [2.45, 2.75) is 18.5 Å². The zero-order valence-electron chi connectivity index (χ0n) is 15.1. The van der Waals surface area contributed by atoms with Gasteiger partial charge in [0, 0.05) is 0 Å². The minimum Gasteiger partial charge on any atom is -0.497 e. The van der Waals surface area contributed by atoms with Crippen molar-refractivity contribution in [1.29, 1.82) is 0 Å². The summed E-state index contributed by atoms with van der Waals surface area (Å²) in [6.07, 6.45) is 2.36. The molecule has 0 bridgehead atoms. The van der Waals surface area contributed by atoms with Gasteiger partial charge >= 0.3 is 5.97 Å². The van der Waals surface area contributed by atoms with E-state index in [9.17, 15) is 4.79 Å². The molecule has 1 aliphatic rings. The van der Waals surface area contributed by atoms with E-state index < -0.39 is 0 Å². The number of hydrogen-bond donors (Lipinski definition) is 1. The van der Waals surface area contributed by atoms with Crippen LogP contribution < -0.4 is 10.1 Å². The maximum atomic E-state index is 11.7. The number of nitrogens with one attached hydrogen (secondary N) is 1. The van der Waals surface area contributed by atoms with E-state index in [1.54, 1.807) is 25.6 Å². The standard InChI is InChI=1S/C20H20N4O3/c1-26-16-9-7-13(8-10-16)17-11-18(24-20(23-17)21-12-22-24)14-3-5-15(6-4-14)19(25)27-2/h3-10,12,17-18H,11H2,1-2H3,(H,21,22,23)/t17-,18+/m1/s1. The lowest BCUT2D eigenvalue weighted by Crippen LogP contribution is -2.28. The third kappa shape index (κ3) is 3.23. The molecule has 1 aliphatic heterocycles. The molecule has 0 radical (unpaired) electrons. The molecule has 0 amide bonds. The molecule has 0 unspecified atom stereocenters. The number of methoxy groups -OCH3 is 2. The van der Waals surface area contributed by atoms with Gasteiger partial charge in [0.05, 0.1) is 31.9 Å². The Labute approximate surface area is 156 Å². The van der Waals surface area contributed by atoms with Gasteiger partial charge in [-0.1, -0.05) is 24.3 Å². The summed E-state index contributed by atoms with van der Waals surface area (Å²) in [6, 6.07) is 15.6. The monoisotopic (exact) mass is 364 g/mol. The van der Waals surface area contributed by atoms with Crippen molar-refractivity contribution in [3.8, 4) is 5.75 Å². The van der Waals surface area contributed by atoms with Crippen LogP contribution in [0.15, 0.2) is 54.9 Å². The predicted octanol–water partition coefficient (Wildman–Crippen LogP) is 3.22. The average Bonchev–Trinajstić information content (AvgIpc) is 3.21. The summed E-state index contributed by atoms with van der Waals surface area (Å²) in [6.45, 7) is 0. The molecular weight excluding hydrogens is 344 g/mol. The van der Waals surface area contributed by atoms with Crippen LogP contribution in [-0.2, 0) is 4.74 Å². The van der Waals surface area contributed by atoms with Crippen molar-refractivity contribution < 1.29 is 14.3 Å². The SMILES string of the molecule is COC(=O)c1ccc([C@@H]2C[C@H](c3ccc(OC)cc3)Nc3ncnn32)cc1.